The number of carbonyl (C=O) groups is 1. The minimum absolute atomic E-state index is 0.0757. The molecule has 1 atom stereocenters. The number of nitrogens with two attached hydrogens (primary N) is 1. The maximum atomic E-state index is 12.9. The van der Waals surface area contributed by atoms with E-state index in [1.807, 2.05) is 13.8 Å². The van der Waals surface area contributed by atoms with Crippen LogP contribution in [-0.2, 0) is 4.79 Å². The van der Waals surface area contributed by atoms with E-state index in [2.05, 4.69) is 5.32 Å². The van der Waals surface area contributed by atoms with Gasteiger partial charge >= 0.3 is 0 Å². The molecule has 0 aliphatic rings. The van der Waals surface area contributed by atoms with Gasteiger partial charge < -0.3 is 11.1 Å². The van der Waals surface area contributed by atoms with Crippen molar-refractivity contribution < 1.29 is 13.6 Å². The van der Waals surface area contributed by atoms with Gasteiger partial charge in [-0.05, 0) is 24.5 Å². The third-order valence-corrected chi connectivity index (χ3v) is 2.19. The van der Waals surface area contributed by atoms with Crippen LogP contribution in [0.2, 0.25) is 0 Å². The van der Waals surface area contributed by atoms with Gasteiger partial charge in [-0.1, -0.05) is 13.8 Å². The highest BCUT2D eigenvalue weighted by Crippen LogP contribution is 2.13. The van der Waals surface area contributed by atoms with Gasteiger partial charge in [-0.3, -0.25) is 4.79 Å². The van der Waals surface area contributed by atoms with Crippen LogP contribution in [0.5, 0.6) is 0 Å². The number of benzene rings is 1. The van der Waals surface area contributed by atoms with Gasteiger partial charge in [0.2, 0.25) is 5.91 Å². The zero-order chi connectivity index (χ0) is 13.0. The summed E-state index contributed by atoms with van der Waals surface area (Å²) in [6.45, 7) is 3.88. The summed E-state index contributed by atoms with van der Waals surface area (Å²) in [4.78, 5) is 11.6. The van der Waals surface area contributed by atoms with Crippen LogP contribution in [-0.4, -0.2) is 11.9 Å². The Hall–Kier alpha value is -1.49. The SMILES string of the molecule is CC(C)C[C@H](N)C(=O)Nc1cc(F)cc(F)c1. The van der Waals surface area contributed by atoms with Gasteiger partial charge in [0.1, 0.15) is 11.6 Å². The van der Waals surface area contributed by atoms with Gasteiger partial charge in [-0.15, -0.1) is 0 Å². The number of carbonyl (C=O) groups excluding carboxylic acids is 1. The molecule has 1 aromatic rings. The Morgan fingerprint density at radius 2 is 1.82 bits per heavy atom. The quantitative estimate of drug-likeness (QED) is 0.851. The Morgan fingerprint density at radius 3 is 2.29 bits per heavy atom. The third kappa shape index (κ3) is 4.48. The summed E-state index contributed by atoms with van der Waals surface area (Å²) in [6, 6.07) is 2.15. The largest absolute Gasteiger partial charge is 0.325 e. The molecule has 0 bridgehead atoms. The highest BCUT2D eigenvalue weighted by atomic mass is 19.1. The molecule has 0 aliphatic heterocycles. The van der Waals surface area contributed by atoms with Crippen LogP contribution in [0.15, 0.2) is 18.2 Å². The first kappa shape index (κ1) is 13.6. The number of rotatable bonds is 4. The van der Waals surface area contributed by atoms with Crippen molar-refractivity contribution in [3.05, 3.63) is 29.8 Å². The van der Waals surface area contributed by atoms with Crippen LogP contribution >= 0.6 is 0 Å². The number of amides is 1. The number of hydrogen-bond donors (Lipinski definition) is 2. The van der Waals surface area contributed by atoms with E-state index in [9.17, 15) is 13.6 Å². The normalized spacial score (nSPS) is 12.6. The topological polar surface area (TPSA) is 55.1 Å². The minimum Gasteiger partial charge on any atom is -0.325 e. The molecule has 0 saturated carbocycles. The Morgan fingerprint density at radius 1 is 1.29 bits per heavy atom. The first-order valence-corrected chi connectivity index (χ1v) is 5.41. The first-order valence-electron chi connectivity index (χ1n) is 5.41. The predicted octanol–water partition coefficient (Wildman–Crippen LogP) is 2.28. The van der Waals surface area contributed by atoms with Crippen LogP contribution < -0.4 is 11.1 Å². The minimum atomic E-state index is -0.738. The molecule has 3 nitrogen and oxygen atoms in total. The molecule has 0 unspecified atom stereocenters. The van der Waals surface area contributed by atoms with Crippen LogP contribution in [0.1, 0.15) is 20.3 Å². The second kappa shape index (κ2) is 5.72. The number of hydrogen-bond acceptors (Lipinski definition) is 2. The summed E-state index contributed by atoms with van der Waals surface area (Å²) in [5.41, 5.74) is 5.72. The fraction of sp³-hybridized carbons (Fsp3) is 0.417. The number of halogens is 2. The molecule has 5 heteroatoms. The Bertz CT molecular complexity index is 387. The predicted molar refractivity (Wildman–Crippen MR) is 62.4 cm³/mol. The highest BCUT2D eigenvalue weighted by molar-refractivity contribution is 5.94. The molecular weight excluding hydrogens is 226 g/mol. The van der Waals surface area contributed by atoms with Gasteiger partial charge in [0.05, 0.1) is 6.04 Å². The monoisotopic (exact) mass is 242 g/mol. The summed E-state index contributed by atoms with van der Waals surface area (Å²) in [5.74, 6) is -1.64. The lowest BCUT2D eigenvalue weighted by Crippen LogP contribution is -2.36. The average Bonchev–Trinajstić information content (AvgIpc) is 2.14. The summed E-state index contributed by atoms with van der Waals surface area (Å²) in [7, 11) is 0. The first-order chi connectivity index (χ1) is 7.88. The number of nitrogens with one attached hydrogen (secondary N) is 1. The van der Waals surface area contributed by atoms with Crippen molar-refractivity contribution in [3.8, 4) is 0 Å². The molecule has 1 rings (SSSR count). The number of anilines is 1. The maximum absolute atomic E-state index is 12.9. The smallest absolute Gasteiger partial charge is 0.241 e. The molecule has 1 amide bonds. The summed E-state index contributed by atoms with van der Waals surface area (Å²) in [6.07, 6.45) is 0.517. The molecule has 0 aliphatic carbocycles. The zero-order valence-electron chi connectivity index (χ0n) is 9.84. The van der Waals surface area contributed by atoms with Crippen molar-refractivity contribution in [2.75, 3.05) is 5.32 Å². The average molecular weight is 242 g/mol. The van der Waals surface area contributed by atoms with Crippen LogP contribution in [0.3, 0.4) is 0 Å². The Balaban J connectivity index is 2.67. The lowest BCUT2D eigenvalue weighted by atomic mass is 10.0. The molecule has 17 heavy (non-hydrogen) atoms. The van der Waals surface area contributed by atoms with Gasteiger partial charge in [0.15, 0.2) is 0 Å². The Kier molecular flexibility index (Phi) is 4.57. The lowest BCUT2D eigenvalue weighted by Gasteiger charge is -2.14. The van der Waals surface area contributed by atoms with E-state index in [0.717, 1.165) is 18.2 Å². The molecule has 0 spiro atoms. The van der Waals surface area contributed by atoms with Crippen molar-refractivity contribution in [3.63, 3.8) is 0 Å². The Labute approximate surface area is 99.0 Å². The summed E-state index contributed by atoms with van der Waals surface area (Å²) >= 11 is 0. The fourth-order valence-electron chi connectivity index (χ4n) is 1.48. The van der Waals surface area contributed by atoms with Crippen molar-refractivity contribution in [2.45, 2.75) is 26.3 Å². The van der Waals surface area contributed by atoms with E-state index in [1.165, 1.54) is 0 Å². The fourth-order valence-corrected chi connectivity index (χ4v) is 1.48. The zero-order valence-corrected chi connectivity index (χ0v) is 9.84. The summed E-state index contributed by atoms with van der Waals surface area (Å²) in [5, 5.41) is 2.38. The second-order valence-corrected chi connectivity index (χ2v) is 4.38. The maximum Gasteiger partial charge on any atom is 0.241 e. The van der Waals surface area contributed by atoms with E-state index in [1.54, 1.807) is 0 Å². The van der Waals surface area contributed by atoms with Gasteiger partial charge in [0, 0.05) is 11.8 Å². The molecule has 3 N–H and O–H groups in total. The highest BCUT2D eigenvalue weighted by Gasteiger charge is 2.15. The molecule has 94 valence electrons. The molecular formula is C12H16F2N2O. The molecule has 0 fully saturated rings. The molecule has 0 saturated heterocycles. The summed E-state index contributed by atoms with van der Waals surface area (Å²) < 4.78 is 25.7. The van der Waals surface area contributed by atoms with Crippen molar-refractivity contribution in [2.24, 2.45) is 11.7 Å². The van der Waals surface area contributed by atoms with Gasteiger partial charge in [-0.25, -0.2) is 8.78 Å². The molecule has 0 aromatic heterocycles. The van der Waals surface area contributed by atoms with E-state index >= 15 is 0 Å². The van der Waals surface area contributed by atoms with Crippen LogP contribution in [0, 0.1) is 17.6 Å². The van der Waals surface area contributed by atoms with Crippen molar-refractivity contribution >= 4 is 11.6 Å². The van der Waals surface area contributed by atoms with Gasteiger partial charge in [-0.2, -0.15) is 0 Å². The molecule has 1 aromatic carbocycles. The van der Waals surface area contributed by atoms with E-state index < -0.39 is 23.6 Å². The molecule has 0 radical (unpaired) electrons. The van der Waals surface area contributed by atoms with Gasteiger partial charge in [0.25, 0.3) is 0 Å². The van der Waals surface area contributed by atoms with Crippen LogP contribution in [0.4, 0.5) is 14.5 Å². The van der Waals surface area contributed by atoms with E-state index in [4.69, 9.17) is 5.73 Å². The van der Waals surface area contributed by atoms with Crippen molar-refractivity contribution in [1.82, 2.24) is 0 Å². The van der Waals surface area contributed by atoms with Crippen molar-refractivity contribution in [1.29, 1.82) is 0 Å². The standard InChI is InChI=1S/C12H16F2N2O/c1-7(2)3-11(15)12(17)16-10-5-8(13)4-9(14)6-10/h4-7,11H,3,15H2,1-2H3,(H,16,17)/t11-/m0/s1. The molecule has 0 heterocycles. The van der Waals surface area contributed by atoms with E-state index in [-0.39, 0.29) is 11.6 Å². The lowest BCUT2D eigenvalue weighted by molar-refractivity contribution is -0.117. The van der Waals surface area contributed by atoms with E-state index in [0.29, 0.717) is 6.42 Å². The third-order valence-electron chi connectivity index (χ3n) is 2.19. The second-order valence-electron chi connectivity index (χ2n) is 4.38. The van der Waals surface area contributed by atoms with Crippen LogP contribution in [0.25, 0.3) is 0 Å².